The smallest absolute Gasteiger partial charge is 0.294 e. The Morgan fingerprint density at radius 2 is 1.86 bits per heavy atom. The second-order valence-corrected chi connectivity index (χ2v) is 11.5. The summed E-state index contributed by atoms with van der Waals surface area (Å²) in [4.78, 5) is 39.2. The van der Waals surface area contributed by atoms with Gasteiger partial charge in [-0.05, 0) is 93.4 Å². The summed E-state index contributed by atoms with van der Waals surface area (Å²) in [6.45, 7) is -0.281. The normalized spacial score (nSPS) is 14.1. The summed E-state index contributed by atoms with van der Waals surface area (Å²) in [5, 5.41) is 11.8. The molecule has 11 heteroatoms. The topological polar surface area (TPSA) is 99.5 Å². The summed E-state index contributed by atoms with van der Waals surface area (Å²) in [6.07, 6.45) is 1.59. The van der Waals surface area contributed by atoms with Crippen molar-refractivity contribution >= 4 is 97.4 Å². The van der Waals surface area contributed by atoms with Crippen molar-refractivity contribution in [3.8, 4) is 11.8 Å². The number of thioether (sulfide) groups is 1. The quantitative estimate of drug-likeness (QED) is 0.214. The Bertz CT molecular complexity index is 1490. The lowest BCUT2D eigenvalue weighted by Gasteiger charge is -2.14. The second-order valence-electron chi connectivity index (χ2n) is 7.66. The first-order valence-electron chi connectivity index (χ1n) is 10.7. The number of carbonyl (C=O) groups is 3. The van der Waals surface area contributed by atoms with Crippen molar-refractivity contribution in [1.82, 2.24) is 4.90 Å². The summed E-state index contributed by atoms with van der Waals surface area (Å²) < 4.78 is 7.81. The Hall–Kier alpha value is -2.60. The molecule has 3 amide bonds. The predicted molar refractivity (Wildman–Crippen MR) is 160 cm³/mol. The number of hydrogen-bond acceptors (Lipinski definition) is 6. The van der Waals surface area contributed by atoms with Crippen molar-refractivity contribution in [3.05, 3.63) is 94.4 Å². The van der Waals surface area contributed by atoms with E-state index in [0.717, 1.165) is 29.4 Å². The van der Waals surface area contributed by atoms with Gasteiger partial charge in [-0.3, -0.25) is 19.3 Å². The summed E-state index contributed by atoms with van der Waals surface area (Å²) >= 11 is 11.1. The largest absolute Gasteiger partial charge is 0.487 e. The molecule has 0 radical (unpaired) electrons. The maximum absolute atomic E-state index is 13.0. The van der Waals surface area contributed by atoms with Gasteiger partial charge in [0.05, 0.1) is 30.8 Å². The lowest BCUT2D eigenvalue weighted by Crippen LogP contribution is -2.36. The van der Waals surface area contributed by atoms with E-state index in [4.69, 9.17) is 16.3 Å². The van der Waals surface area contributed by atoms with Gasteiger partial charge in [0.15, 0.2) is 0 Å². The van der Waals surface area contributed by atoms with E-state index in [-0.39, 0.29) is 11.5 Å². The molecule has 0 bridgehead atoms. The van der Waals surface area contributed by atoms with Crippen LogP contribution >= 0.6 is 68.5 Å². The van der Waals surface area contributed by atoms with Gasteiger partial charge in [-0.2, -0.15) is 5.26 Å². The van der Waals surface area contributed by atoms with Gasteiger partial charge in [-0.25, -0.2) is 0 Å². The first-order chi connectivity index (χ1) is 17.8. The molecule has 0 aromatic heterocycles. The minimum Gasteiger partial charge on any atom is -0.487 e. The Balaban J connectivity index is 1.54. The molecule has 1 aliphatic rings. The molecule has 0 spiro atoms. The van der Waals surface area contributed by atoms with Crippen LogP contribution in [0.25, 0.3) is 6.08 Å². The van der Waals surface area contributed by atoms with Gasteiger partial charge < -0.3 is 10.1 Å². The van der Waals surface area contributed by atoms with Crippen LogP contribution in [0.5, 0.6) is 5.75 Å². The molecule has 1 aliphatic heterocycles. The van der Waals surface area contributed by atoms with Crippen molar-refractivity contribution in [2.75, 3.05) is 11.9 Å². The number of nitrogens with one attached hydrogen (secondary N) is 1. The van der Waals surface area contributed by atoms with Crippen LogP contribution < -0.4 is 10.1 Å². The Kier molecular flexibility index (Phi) is 9.12. The van der Waals surface area contributed by atoms with E-state index >= 15 is 0 Å². The van der Waals surface area contributed by atoms with Gasteiger partial charge in [0, 0.05) is 14.7 Å². The van der Waals surface area contributed by atoms with E-state index in [1.165, 1.54) is 0 Å². The Labute approximate surface area is 249 Å². The SMILES string of the molecule is N#Cc1ccccc1COc1c(I)cc(I)cc1/C=C1/SC(=O)N(CC(=O)Nc2ccccc2Cl)C1=O. The number of imide groups is 1. The van der Waals surface area contributed by atoms with Crippen molar-refractivity contribution in [2.24, 2.45) is 0 Å². The molecule has 0 aliphatic carbocycles. The van der Waals surface area contributed by atoms with Crippen LogP contribution in [0.2, 0.25) is 5.02 Å². The number of ether oxygens (including phenoxy) is 1. The average molecular weight is 756 g/mol. The molecular formula is C26H16ClI2N3O4S. The molecular weight excluding hydrogens is 740 g/mol. The van der Waals surface area contributed by atoms with Gasteiger partial charge >= 0.3 is 0 Å². The third-order valence-electron chi connectivity index (χ3n) is 5.16. The van der Waals surface area contributed by atoms with Crippen LogP contribution in [0.1, 0.15) is 16.7 Å². The molecule has 1 N–H and O–H groups in total. The van der Waals surface area contributed by atoms with E-state index in [2.05, 4.69) is 56.6 Å². The van der Waals surface area contributed by atoms with E-state index in [9.17, 15) is 19.6 Å². The second kappa shape index (κ2) is 12.3. The molecule has 0 unspecified atom stereocenters. The molecule has 3 aromatic carbocycles. The molecule has 0 saturated carbocycles. The summed E-state index contributed by atoms with van der Waals surface area (Å²) in [5.74, 6) is -0.586. The Morgan fingerprint density at radius 3 is 2.62 bits per heavy atom. The highest BCUT2D eigenvalue weighted by molar-refractivity contribution is 14.1. The van der Waals surface area contributed by atoms with Crippen molar-refractivity contribution in [1.29, 1.82) is 5.26 Å². The average Bonchev–Trinajstić information content (AvgIpc) is 3.12. The number of amides is 3. The highest BCUT2D eigenvalue weighted by Crippen LogP contribution is 2.36. The van der Waals surface area contributed by atoms with Crippen LogP contribution in [0, 0.1) is 18.5 Å². The predicted octanol–water partition coefficient (Wildman–Crippen LogP) is 6.67. The lowest BCUT2D eigenvalue weighted by atomic mass is 10.1. The number of rotatable bonds is 7. The van der Waals surface area contributed by atoms with E-state index in [1.54, 1.807) is 42.5 Å². The van der Waals surface area contributed by atoms with Crippen molar-refractivity contribution < 1.29 is 19.1 Å². The fraction of sp³-hybridized carbons (Fsp3) is 0.0769. The monoisotopic (exact) mass is 755 g/mol. The van der Waals surface area contributed by atoms with Crippen molar-refractivity contribution in [3.63, 3.8) is 0 Å². The highest BCUT2D eigenvalue weighted by atomic mass is 127. The van der Waals surface area contributed by atoms with Gasteiger partial charge in [0.1, 0.15) is 18.9 Å². The molecule has 1 fully saturated rings. The molecule has 186 valence electrons. The zero-order valence-corrected chi connectivity index (χ0v) is 24.7. The molecule has 7 nitrogen and oxygen atoms in total. The van der Waals surface area contributed by atoms with Gasteiger partial charge in [0.25, 0.3) is 11.1 Å². The molecule has 1 saturated heterocycles. The fourth-order valence-electron chi connectivity index (χ4n) is 3.42. The zero-order chi connectivity index (χ0) is 26.5. The van der Waals surface area contributed by atoms with Crippen LogP contribution in [-0.2, 0) is 16.2 Å². The number of halogens is 3. The molecule has 3 aromatic rings. The standard InChI is InChI=1S/C26H16ClI2N3O4S/c27-19-7-3-4-8-21(19)31-23(33)13-32-25(34)22(37-26(32)35)10-17-9-18(28)11-20(29)24(17)36-14-16-6-2-1-5-15(16)12-30/h1-11H,13-14H2,(H,31,33)/b22-10+. The minimum absolute atomic E-state index is 0.158. The van der Waals surface area contributed by atoms with Gasteiger partial charge in [-0.15, -0.1) is 0 Å². The molecule has 1 heterocycles. The third-order valence-corrected chi connectivity index (χ3v) is 7.82. The number of para-hydroxylation sites is 1. The van der Waals surface area contributed by atoms with E-state index < -0.39 is 23.6 Å². The molecule has 0 atom stereocenters. The van der Waals surface area contributed by atoms with Gasteiger partial charge in [-0.1, -0.05) is 41.9 Å². The van der Waals surface area contributed by atoms with Crippen LogP contribution in [0.4, 0.5) is 10.5 Å². The van der Waals surface area contributed by atoms with Crippen LogP contribution in [-0.4, -0.2) is 28.5 Å². The zero-order valence-electron chi connectivity index (χ0n) is 18.8. The summed E-state index contributed by atoms with van der Waals surface area (Å²) in [5.41, 5.74) is 2.25. The van der Waals surface area contributed by atoms with Crippen LogP contribution in [0.15, 0.2) is 65.6 Å². The Morgan fingerprint density at radius 1 is 1.14 bits per heavy atom. The van der Waals surface area contributed by atoms with Crippen LogP contribution in [0.3, 0.4) is 0 Å². The third kappa shape index (κ3) is 6.64. The fourth-order valence-corrected chi connectivity index (χ4v) is 6.48. The number of carbonyl (C=O) groups excluding carboxylic acids is 3. The van der Waals surface area contributed by atoms with Gasteiger partial charge in [0.2, 0.25) is 5.91 Å². The number of nitrogens with zero attached hydrogens (tertiary/aromatic N) is 2. The lowest BCUT2D eigenvalue weighted by molar-refractivity contribution is -0.127. The molecule has 4 rings (SSSR count). The maximum Gasteiger partial charge on any atom is 0.294 e. The number of benzene rings is 3. The number of anilines is 1. The maximum atomic E-state index is 13.0. The summed E-state index contributed by atoms with van der Waals surface area (Å²) in [7, 11) is 0. The minimum atomic E-state index is -0.570. The first-order valence-corrected chi connectivity index (χ1v) is 14.0. The summed E-state index contributed by atoms with van der Waals surface area (Å²) in [6, 6.07) is 19.8. The number of nitriles is 1. The molecule has 37 heavy (non-hydrogen) atoms. The first kappa shape index (κ1) is 27.4. The number of hydrogen-bond donors (Lipinski definition) is 1. The highest BCUT2D eigenvalue weighted by Gasteiger charge is 2.36. The van der Waals surface area contributed by atoms with Crippen molar-refractivity contribution in [2.45, 2.75) is 6.61 Å². The van der Waals surface area contributed by atoms with E-state index in [0.29, 0.717) is 27.6 Å². The van der Waals surface area contributed by atoms with E-state index in [1.807, 2.05) is 24.3 Å².